The minimum atomic E-state index is 0.214. The lowest BCUT2D eigenvalue weighted by Crippen LogP contribution is -2.13. The van der Waals surface area contributed by atoms with Crippen LogP contribution >= 0.6 is 0 Å². The van der Waals surface area contributed by atoms with E-state index in [1.54, 1.807) is 0 Å². The van der Waals surface area contributed by atoms with Crippen molar-refractivity contribution in [2.45, 2.75) is 0 Å². The van der Waals surface area contributed by atoms with Gasteiger partial charge in [-0.05, 0) is 5.53 Å². The fourth-order valence-corrected chi connectivity index (χ4v) is 0.673. The molecule has 0 aromatic rings. The van der Waals surface area contributed by atoms with Crippen molar-refractivity contribution in [1.29, 1.82) is 0 Å². The van der Waals surface area contributed by atoms with Gasteiger partial charge in [-0.15, -0.1) is 0 Å². The van der Waals surface area contributed by atoms with E-state index in [2.05, 4.69) is 10.0 Å². The second kappa shape index (κ2) is 12.2. The van der Waals surface area contributed by atoms with Gasteiger partial charge in [-0.25, -0.2) is 0 Å². The van der Waals surface area contributed by atoms with Gasteiger partial charge < -0.3 is 19.9 Å². The predicted octanol–water partition coefficient (Wildman–Crippen LogP) is 0.263. The standard InChI is InChI=1S/C7H16N4O3/c8-7-14-6-5-13-4-3-12-2-1-10-11-9/h1-8H2. The summed E-state index contributed by atoms with van der Waals surface area (Å²) < 4.78 is 15.1. The molecule has 0 aliphatic heterocycles. The third-order valence-electron chi connectivity index (χ3n) is 1.26. The number of hydrogen-bond acceptors (Lipinski definition) is 5. The van der Waals surface area contributed by atoms with E-state index >= 15 is 0 Å². The van der Waals surface area contributed by atoms with Gasteiger partial charge in [-0.3, -0.25) is 0 Å². The molecule has 2 N–H and O–H groups in total. The fourth-order valence-electron chi connectivity index (χ4n) is 0.673. The minimum Gasteiger partial charge on any atom is -0.379 e. The highest BCUT2D eigenvalue weighted by Crippen LogP contribution is 1.81. The summed E-state index contributed by atoms with van der Waals surface area (Å²) in [6, 6.07) is 0. The van der Waals surface area contributed by atoms with Crippen molar-refractivity contribution in [3.63, 3.8) is 0 Å². The van der Waals surface area contributed by atoms with E-state index in [1.165, 1.54) is 0 Å². The molecule has 0 aliphatic carbocycles. The Morgan fingerprint density at radius 3 is 2.14 bits per heavy atom. The third kappa shape index (κ3) is 11.2. The number of rotatable bonds is 10. The average molecular weight is 204 g/mol. The Bertz CT molecular complexity index is 161. The average Bonchev–Trinajstić information content (AvgIpc) is 2.21. The van der Waals surface area contributed by atoms with Crippen molar-refractivity contribution < 1.29 is 14.2 Å². The summed E-state index contributed by atoms with van der Waals surface area (Å²) in [5, 5.41) is 3.31. The van der Waals surface area contributed by atoms with Gasteiger partial charge >= 0.3 is 0 Å². The van der Waals surface area contributed by atoms with Gasteiger partial charge in [0, 0.05) is 11.5 Å². The van der Waals surface area contributed by atoms with Gasteiger partial charge in [0.15, 0.2) is 0 Å². The quantitative estimate of drug-likeness (QED) is 0.181. The lowest BCUT2D eigenvalue weighted by atomic mass is 10.7. The van der Waals surface area contributed by atoms with E-state index < -0.39 is 0 Å². The van der Waals surface area contributed by atoms with Crippen LogP contribution < -0.4 is 5.73 Å². The fraction of sp³-hybridized carbons (Fsp3) is 1.00. The van der Waals surface area contributed by atoms with Crippen LogP contribution in [0.4, 0.5) is 0 Å². The van der Waals surface area contributed by atoms with Gasteiger partial charge in [0.25, 0.3) is 0 Å². The van der Waals surface area contributed by atoms with Crippen molar-refractivity contribution in [2.75, 3.05) is 46.3 Å². The van der Waals surface area contributed by atoms with Crippen LogP contribution in [-0.4, -0.2) is 46.3 Å². The molecule has 0 fully saturated rings. The van der Waals surface area contributed by atoms with Crippen LogP contribution in [0.2, 0.25) is 0 Å². The Labute approximate surface area is 82.7 Å². The normalized spacial score (nSPS) is 9.79. The molecule has 0 aliphatic rings. The molecule has 0 atom stereocenters. The largest absolute Gasteiger partial charge is 0.379 e. The number of nitrogens with two attached hydrogens (primary N) is 1. The lowest BCUT2D eigenvalue weighted by molar-refractivity contribution is 0.0172. The molecule has 0 radical (unpaired) electrons. The summed E-state index contributed by atoms with van der Waals surface area (Å²) in [7, 11) is 0. The smallest absolute Gasteiger partial charge is 0.0941 e. The molecule has 0 spiro atoms. The van der Waals surface area contributed by atoms with Crippen LogP contribution in [-0.2, 0) is 14.2 Å². The summed E-state index contributed by atoms with van der Waals surface area (Å²) in [6.45, 7) is 2.99. The Morgan fingerprint density at radius 2 is 1.57 bits per heavy atom. The summed E-state index contributed by atoms with van der Waals surface area (Å²) in [6.07, 6.45) is 0. The molecule has 0 heterocycles. The SMILES string of the molecule is [N-]=[N+]=NCCOCCOCCOCN. The lowest BCUT2D eigenvalue weighted by Gasteiger charge is -2.04. The van der Waals surface area contributed by atoms with Gasteiger partial charge in [-0.2, -0.15) is 0 Å². The van der Waals surface area contributed by atoms with Crippen LogP contribution in [0.15, 0.2) is 5.11 Å². The minimum absolute atomic E-state index is 0.214. The maximum absolute atomic E-state index is 7.94. The van der Waals surface area contributed by atoms with E-state index in [9.17, 15) is 0 Å². The first-order valence-electron chi connectivity index (χ1n) is 4.36. The van der Waals surface area contributed by atoms with Crippen LogP contribution in [0, 0.1) is 0 Å². The van der Waals surface area contributed by atoms with Gasteiger partial charge in [-0.1, -0.05) is 5.11 Å². The number of ether oxygens (including phenoxy) is 3. The summed E-state index contributed by atoms with van der Waals surface area (Å²) in [5.74, 6) is 0. The summed E-state index contributed by atoms with van der Waals surface area (Å²) in [5.41, 5.74) is 13.0. The van der Waals surface area contributed by atoms with Crippen molar-refractivity contribution in [2.24, 2.45) is 10.8 Å². The predicted molar refractivity (Wildman–Crippen MR) is 50.7 cm³/mol. The van der Waals surface area contributed by atoms with E-state index in [0.717, 1.165) is 0 Å². The molecule has 14 heavy (non-hydrogen) atoms. The summed E-state index contributed by atoms with van der Waals surface area (Å²) >= 11 is 0. The third-order valence-corrected chi connectivity index (χ3v) is 1.26. The topological polar surface area (TPSA) is 102 Å². The molecular weight excluding hydrogens is 188 g/mol. The van der Waals surface area contributed by atoms with E-state index in [-0.39, 0.29) is 6.73 Å². The molecule has 82 valence electrons. The highest BCUT2D eigenvalue weighted by atomic mass is 16.5. The molecule has 0 unspecified atom stereocenters. The molecule has 0 aromatic heterocycles. The number of hydrogen-bond donors (Lipinski definition) is 1. The van der Waals surface area contributed by atoms with Gasteiger partial charge in [0.1, 0.15) is 0 Å². The second-order valence-electron chi connectivity index (χ2n) is 2.25. The first-order chi connectivity index (χ1) is 6.91. The molecule has 7 nitrogen and oxygen atoms in total. The maximum atomic E-state index is 7.94. The zero-order valence-corrected chi connectivity index (χ0v) is 8.09. The highest BCUT2D eigenvalue weighted by Gasteiger charge is 1.89. The monoisotopic (exact) mass is 204 g/mol. The molecule has 0 bridgehead atoms. The zero-order valence-electron chi connectivity index (χ0n) is 8.09. The second-order valence-corrected chi connectivity index (χ2v) is 2.25. The highest BCUT2D eigenvalue weighted by molar-refractivity contribution is 4.43. The van der Waals surface area contributed by atoms with Crippen molar-refractivity contribution >= 4 is 0 Å². The molecule has 0 amide bonds. The van der Waals surface area contributed by atoms with Gasteiger partial charge in [0.2, 0.25) is 0 Å². The number of nitrogens with zero attached hydrogens (tertiary/aromatic N) is 3. The zero-order chi connectivity index (χ0) is 10.5. The molecule has 0 aromatic carbocycles. The first kappa shape index (κ1) is 13.2. The molecule has 0 saturated heterocycles. The van der Waals surface area contributed by atoms with Crippen molar-refractivity contribution in [3.05, 3.63) is 10.4 Å². The van der Waals surface area contributed by atoms with Crippen molar-refractivity contribution in [1.82, 2.24) is 0 Å². The Kier molecular flexibility index (Phi) is 11.4. The Hall–Kier alpha value is -0.850. The Morgan fingerprint density at radius 1 is 1.00 bits per heavy atom. The van der Waals surface area contributed by atoms with Crippen LogP contribution in [0.3, 0.4) is 0 Å². The molecule has 0 saturated carbocycles. The van der Waals surface area contributed by atoms with Crippen LogP contribution in [0.5, 0.6) is 0 Å². The van der Waals surface area contributed by atoms with Crippen LogP contribution in [0.1, 0.15) is 0 Å². The van der Waals surface area contributed by atoms with E-state index in [1.807, 2.05) is 0 Å². The van der Waals surface area contributed by atoms with E-state index in [4.69, 9.17) is 25.5 Å². The number of azide groups is 1. The molecule has 0 rings (SSSR count). The maximum Gasteiger partial charge on any atom is 0.0941 e. The van der Waals surface area contributed by atoms with Crippen molar-refractivity contribution in [3.8, 4) is 0 Å². The summed E-state index contributed by atoms with van der Waals surface area (Å²) in [4.78, 5) is 2.59. The van der Waals surface area contributed by atoms with E-state index in [0.29, 0.717) is 39.6 Å². The molecular formula is C7H16N4O3. The molecule has 7 heteroatoms. The first-order valence-corrected chi connectivity index (χ1v) is 4.36. The Balaban J connectivity index is 2.88. The van der Waals surface area contributed by atoms with Gasteiger partial charge in [0.05, 0.1) is 39.8 Å². The van der Waals surface area contributed by atoms with Crippen LogP contribution in [0.25, 0.3) is 10.4 Å².